The highest BCUT2D eigenvalue weighted by Gasteiger charge is 2.16. The lowest BCUT2D eigenvalue weighted by Crippen LogP contribution is -2.39. The largest absolute Gasteiger partial charge is 0.489 e. The lowest BCUT2D eigenvalue weighted by molar-refractivity contribution is -0.132. The van der Waals surface area contributed by atoms with Gasteiger partial charge in [-0.2, -0.15) is 0 Å². The summed E-state index contributed by atoms with van der Waals surface area (Å²) in [5.41, 5.74) is 2.28. The molecule has 0 saturated carbocycles. The Morgan fingerprint density at radius 1 is 0.889 bits per heavy atom. The number of nitrogens with zero attached hydrogens (tertiary/aromatic N) is 2. The van der Waals surface area contributed by atoms with E-state index in [0.29, 0.717) is 19.6 Å². The predicted molar refractivity (Wildman–Crippen MR) is 147 cm³/mol. The van der Waals surface area contributed by atoms with Crippen LogP contribution < -0.4 is 4.74 Å². The summed E-state index contributed by atoms with van der Waals surface area (Å²) in [6, 6.07) is 18.4. The summed E-state index contributed by atoms with van der Waals surface area (Å²) in [4.78, 5) is 17.7. The smallest absolute Gasteiger partial charge is 0.222 e. The van der Waals surface area contributed by atoms with Crippen LogP contribution in [0.4, 0.5) is 0 Å². The van der Waals surface area contributed by atoms with Gasteiger partial charge in [0.15, 0.2) is 0 Å². The minimum atomic E-state index is 0.279. The second kappa shape index (κ2) is 17.1. The van der Waals surface area contributed by atoms with Gasteiger partial charge >= 0.3 is 0 Å². The van der Waals surface area contributed by atoms with Crippen LogP contribution in [0.3, 0.4) is 0 Å². The van der Waals surface area contributed by atoms with Crippen LogP contribution in [-0.4, -0.2) is 55.1 Å². The molecule has 36 heavy (non-hydrogen) atoms. The predicted octanol–water partition coefficient (Wildman–Crippen LogP) is 6.46. The van der Waals surface area contributed by atoms with E-state index in [-0.39, 0.29) is 5.91 Å². The molecule has 1 amide bonds. The third-order valence-electron chi connectivity index (χ3n) is 6.87. The van der Waals surface area contributed by atoms with Crippen molar-refractivity contribution in [2.24, 2.45) is 0 Å². The Bertz CT molecular complexity index is 852. The van der Waals surface area contributed by atoms with Crippen LogP contribution in [0.5, 0.6) is 5.75 Å². The van der Waals surface area contributed by atoms with Crippen LogP contribution in [0.25, 0.3) is 0 Å². The molecule has 1 fully saturated rings. The number of unbranched alkanes of at least 4 members (excludes halogenated alkanes) is 6. The van der Waals surface area contributed by atoms with E-state index in [9.17, 15) is 4.79 Å². The fourth-order valence-electron chi connectivity index (χ4n) is 4.69. The highest BCUT2D eigenvalue weighted by molar-refractivity contribution is 5.76. The van der Waals surface area contributed by atoms with Gasteiger partial charge in [-0.1, -0.05) is 87.9 Å². The molecule has 1 heterocycles. The van der Waals surface area contributed by atoms with Gasteiger partial charge in [0.05, 0.1) is 13.2 Å². The molecule has 1 aliphatic rings. The number of morpholine rings is 1. The molecule has 2 aromatic carbocycles. The molecule has 0 spiro atoms. The summed E-state index contributed by atoms with van der Waals surface area (Å²) in [6.45, 7) is 8.86. The van der Waals surface area contributed by atoms with Crippen molar-refractivity contribution < 1.29 is 14.3 Å². The van der Waals surface area contributed by atoms with Crippen molar-refractivity contribution in [3.8, 4) is 5.75 Å². The Balaban J connectivity index is 1.51. The second-order valence-electron chi connectivity index (χ2n) is 9.92. The summed E-state index contributed by atoms with van der Waals surface area (Å²) < 4.78 is 11.5. The molecule has 0 atom stereocenters. The summed E-state index contributed by atoms with van der Waals surface area (Å²) in [5, 5.41) is 0. The fourth-order valence-corrected chi connectivity index (χ4v) is 4.69. The quantitative estimate of drug-likeness (QED) is 0.237. The molecular formula is C31H46N2O3. The molecule has 2 aromatic rings. The Labute approximate surface area is 218 Å². The maximum atomic E-state index is 13.2. The van der Waals surface area contributed by atoms with E-state index in [1.54, 1.807) is 0 Å². The summed E-state index contributed by atoms with van der Waals surface area (Å²) in [5.74, 6) is 1.13. The van der Waals surface area contributed by atoms with E-state index < -0.39 is 0 Å². The van der Waals surface area contributed by atoms with Gasteiger partial charge in [-0.05, 0) is 36.1 Å². The van der Waals surface area contributed by atoms with Crippen molar-refractivity contribution in [1.29, 1.82) is 0 Å². The van der Waals surface area contributed by atoms with Crippen LogP contribution >= 0.6 is 0 Å². The molecule has 0 aliphatic carbocycles. The molecule has 0 N–H and O–H groups in total. The first kappa shape index (κ1) is 28.2. The zero-order valence-electron chi connectivity index (χ0n) is 22.3. The SMILES string of the molecule is CCCCCCCCCC(=O)N(CCCN1CCOCC1)Cc1cccc(OCc2ccccc2)c1. The van der Waals surface area contributed by atoms with E-state index in [2.05, 4.69) is 41.0 Å². The zero-order valence-corrected chi connectivity index (χ0v) is 22.3. The van der Waals surface area contributed by atoms with Crippen LogP contribution in [0, 0.1) is 0 Å². The van der Waals surface area contributed by atoms with Crippen molar-refractivity contribution >= 4 is 5.91 Å². The van der Waals surface area contributed by atoms with Crippen molar-refractivity contribution in [2.45, 2.75) is 77.9 Å². The Morgan fingerprint density at radius 2 is 1.61 bits per heavy atom. The molecule has 3 rings (SSSR count). The van der Waals surface area contributed by atoms with Crippen molar-refractivity contribution in [3.63, 3.8) is 0 Å². The molecule has 0 bridgehead atoms. The first-order chi connectivity index (χ1) is 17.7. The normalized spacial score (nSPS) is 14.0. The average Bonchev–Trinajstić information content (AvgIpc) is 2.92. The van der Waals surface area contributed by atoms with Crippen LogP contribution in [-0.2, 0) is 22.7 Å². The van der Waals surface area contributed by atoms with Crippen molar-refractivity contribution in [1.82, 2.24) is 9.80 Å². The van der Waals surface area contributed by atoms with Crippen LogP contribution in [0.1, 0.15) is 75.8 Å². The molecular weight excluding hydrogens is 448 g/mol. The summed E-state index contributed by atoms with van der Waals surface area (Å²) in [6.07, 6.45) is 10.2. The summed E-state index contributed by atoms with van der Waals surface area (Å²) >= 11 is 0. The van der Waals surface area contributed by atoms with E-state index in [1.165, 1.54) is 32.1 Å². The van der Waals surface area contributed by atoms with E-state index in [1.807, 2.05) is 30.3 Å². The lowest BCUT2D eigenvalue weighted by Gasteiger charge is -2.28. The first-order valence-electron chi connectivity index (χ1n) is 14.1. The van der Waals surface area contributed by atoms with E-state index in [4.69, 9.17) is 9.47 Å². The number of hydrogen-bond acceptors (Lipinski definition) is 4. The topological polar surface area (TPSA) is 42.0 Å². The fraction of sp³-hybridized carbons (Fsp3) is 0.581. The number of hydrogen-bond donors (Lipinski definition) is 0. The average molecular weight is 495 g/mol. The Morgan fingerprint density at radius 3 is 2.39 bits per heavy atom. The molecule has 0 aromatic heterocycles. The van der Waals surface area contributed by atoms with Crippen molar-refractivity contribution in [3.05, 3.63) is 65.7 Å². The molecule has 0 radical (unpaired) electrons. The lowest BCUT2D eigenvalue weighted by atomic mass is 10.1. The second-order valence-corrected chi connectivity index (χ2v) is 9.92. The molecule has 198 valence electrons. The third-order valence-corrected chi connectivity index (χ3v) is 6.87. The van der Waals surface area contributed by atoms with Gasteiger partial charge in [0.1, 0.15) is 12.4 Å². The van der Waals surface area contributed by atoms with Gasteiger partial charge in [-0.25, -0.2) is 0 Å². The minimum Gasteiger partial charge on any atom is -0.489 e. The number of amides is 1. The van der Waals surface area contributed by atoms with E-state index in [0.717, 1.165) is 75.5 Å². The summed E-state index contributed by atoms with van der Waals surface area (Å²) in [7, 11) is 0. The van der Waals surface area contributed by atoms with Gasteiger partial charge in [0, 0.05) is 39.1 Å². The van der Waals surface area contributed by atoms with Gasteiger partial charge in [0.2, 0.25) is 5.91 Å². The van der Waals surface area contributed by atoms with Crippen LogP contribution in [0.2, 0.25) is 0 Å². The first-order valence-corrected chi connectivity index (χ1v) is 14.1. The number of carbonyl (C=O) groups excluding carboxylic acids is 1. The highest BCUT2D eigenvalue weighted by Crippen LogP contribution is 2.18. The monoisotopic (exact) mass is 494 g/mol. The number of carbonyl (C=O) groups is 1. The molecule has 0 unspecified atom stereocenters. The Hall–Kier alpha value is -2.37. The van der Waals surface area contributed by atoms with E-state index >= 15 is 0 Å². The number of ether oxygens (including phenoxy) is 2. The minimum absolute atomic E-state index is 0.279. The Kier molecular flexibility index (Phi) is 13.4. The molecule has 5 nitrogen and oxygen atoms in total. The van der Waals surface area contributed by atoms with Gasteiger partial charge < -0.3 is 14.4 Å². The number of rotatable bonds is 17. The highest BCUT2D eigenvalue weighted by atomic mass is 16.5. The maximum absolute atomic E-state index is 13.2. The van der Waals surface area contributed by atoms with Crippen LogP contribution in [0.15, 0.2) is 54.6 Å². The standard InChI is InChI=1S/C31H46N2O3/c1-2-3-4-5-6-7-11-18-31(34)33(20-13-19-32-21-23-35-24-22-32)26-29-16-12-17-30(25-29)36-27-28-14-9-8-10-15-28/h8-10,12,14-17,25H,2-7,11,13,18-24,26-27H2,1H3. The van der Waals surface area contributed by atoms with Gasteiger partial charge in [0.25, 0.3) is 0 Å². The molecule has 1 aliphatic heterocycles. The van der Waals surface area contributed by atoms with Crippen molar-refractivity contribution in [2.75, 3.05) is 39.4 Å². The van der Waals surface area contributed by atoms with Gasteiger partial charge in [-0.15, -0.1) is 0 Å². The van der Waals surface area contributed by atoms with Gasteiger partial charge in [-0.3, -0.25) is 9.69 Å². The zero-order chi connectivity index (χ0) is 25.3. The molecule has 5 heteroatoms. The third kappa shape index (κ3) is 11.1. The maximum Gasteiger partial charge on any atom is 0.222 e. The molecule has 1 saturated heterocycles. The number of benzene rings is 2.